The Morgan fingerprint density at radius 3 is 2.86 bits per heavy atom. The molecule has 0 atom stereocenters. The van der Waals surface area contributed by atoms with Gasteiger partial charge < -0.3 is 15.4 Å². The number of hydrogen-bond donors (Lipinski definition) is 2. The number of amides is 1. The number of carbonyl (C=O) groups excluding carboxylic acids is 1. The van der Waals surface area contributed by atoms with Crippen LogP contribution in [0.25, 0.3) is 0 Å². The molecule has 0 radical (unpaired) electrons. The summed E-state index contributed by atoms with van der Waals surface area (Å²) >= 11 is 0. The zero-order valence-electron chi connectivity index (χ0n) is 12.6. The van der Waals surface area contributed by atoms with Crippen molar-refractivity contribution in [2.24, 2.45) is 0 Å². The fraction of sp³-hybridized carbons (Fsp3) is 0.438. The van der Waals surface area contributed by atoms with E-state index in [1.165, 1.54) is 0 Å². The lowest BCUT2D eigenvalue weighted by molar-refractivity contribution is -0.116. The van der Waals surface area contributed by atoms with Gasteiger partial charge in [-0.3, -0.25) is 4.79 Å². The van der Waals surface area contributed by atoms with Crippen LogP contribution in [-0.2, 0) is 16.1 Å². The minimum Gasteiger partial charge on any atom is -0.377 e. The number of nitrogens with one attached hydrogen (secondary N) is 2. The van der Waals surface area contributed by atoms with Crippen molar-refractivity contribution in [3.8, 4) is 0 Å². The Hall–Kier alpha value is -1.36. The first-order valence-corrected chi connectivity index (χ1v) is 7.05. The maximum absolute atomic E-state index is 11.9. The number of para-hydroxylation sites is 1. The lowest BCUT2D eigenvalue weighted by atomic mass is 10.1. The van der Waals surface area contributed by atoms with Crippen LogP contribution in [0, 0.1) is 0 Å². The Kier molecular flexibility index (Phi) is 11.6. The molecule has 21 heavy (non-hydrogen) atoms. The molecule has 118 valence electrons. The van der Waals surface area contributed by atoms with E-state index in [0.717, 1.165) is 30.8 Å². The van der Waals surface area contributed by atoms with Crippen LogP contribution in [0.1, 0.15) is 25.3 Å². The molecular weight excluding hydrogens is 288 g/mol. The molecule has 1 amide bonds. The maximum Gasteiger partial charge on any atom is 0.224 e. The first-order valence-electron chi connectivity index (χ1n) is 7.05. The van der Waals surface area contributed by atoms with Gasteiger partial charge >= 0.3 is 0 Å². The summed E-state index contributed by atoms with van der Waals surface area (Å²) in [5, 5.41) is 6.22. The third-order valence-electron chi connectivity index (χ3n) is 2.79. The van der Waals surface area contributed by atoms with Crippen LogP contribution >= 0.6 is 12.4 Å². The van der Waals surface area contributed by atoms with Crippen molar-refractivity contribution in [2.75, 3.05) is 25.1 Å². The summed E-state index contributed by atoms with van der Waals surface area (Å²) < 4.78 is 5.25. The van der Waals surface area contributed by atoms with Crippen LogP contribution < -0.4 is 10.6 Å². The molecule has 0 aliphatic carbocycles. The fourth-order valence-electron chi connectivity index (χ4n) is 1.77. The van der Waals surface area contributed by atoms with Gasteiger partial charge in [-0.2, -0.15) is 0 Å². The van der Waals surface area contributed by atoms with Gasteiger partial charge in [0.15, 0.2) is 0 Å². The van der Waals surface area contributed by atoms with Crippen LogP contribution in [0.4, 0.5) is 5.69 Å². The second-order valence-corrected chi connectivity index (χ2v) is 4.45. The van der Waals surface area contributed by atoms with Crippen molar-refractivity contribution in [1.29, 1.82) is 0 Å². The van der Waals surface area contributed by atoms with Crippen molar-refractivity contribution in [3.63, 3.8) is 0 Å². The van der Waals surface area contributed by atoms with E-state index in [9.17, 15) is 4.79 Å². The third kappa shape index (κ3) is 8.50. The largest absolute Gasteiger partial charge is 0.377 e. The molecule has 0 heterocycles. The highest BCUT2D eigenvalue weighted by Crippen LogP contribution is 2.15. The van der Waals surface area contributed by atoms with Crippen molar-refractivity contribution in [2.45, 2.75) is 26.3 Å². The highest BCUT2D eigenvalue weighted by molar-refractivity contribution is 5.91. The maximum atomic E-state index is 11.9. The number of halogens is 1. The van der Waals surface area contributed by atoms with Crippen LogP contribution in [0.15, 0.2) is 36.9 Å². The summed E-state index contributed by atoms with van der Waals surface area (Å²) in [4.78, 5) is 11.9. The Morgan fingerprint density at radius 1 is 1.38 bits per heavy atom. The number of hydrogen-bond acceptors (Lipinski definition) is 3. The summed E-state index contributed by atoms with van der Waals surface area (Å²) in [6, 6.07) is 7.86. The van der Waals surface area contributed by atoms with Gasteiger partial charge in [0.2, 0.25) is 5.91 Å². The van der Waals surface area contributed by atoms with Gasteiger partial charge in [0.1, 0.15) is 0 Å². The zero-order valence-corrected chi connectivity index (χ0v) is 13.4. The summed E-state index contributed by atoms with van der Waals surface area (Å²) in [5.74, 6) is 0.0242. The molecule has 2 N–H and O–H groups in total. The lowest BCUT2D eigenvalue weighted by Gasteiger charge is -2.11. The van der Waals surface area contributed by atoms with Gasteiger partial charge in [-0.05, 0) is 24.6 Å². The van der Waals surface area contributed by atoms with Crippen LogP contribution in [0.5, 0.6) is 0 Å². The molecule has 0 unspecified atom stereocenters. The number of rotatable bonds is 10. The van der Waals surface area contributed by atoms with Crippen molar-refractivity contribution in [1.82, 2.24) is 5.32 Å². The molecule has 0 spiro atoms. The Labute approximate surface area is 133 Å². The molecule has 1 rings (SSSR count). The summed E-state index contributed by atoms with van der Waals surface area (Å²) in [6.07, 6.45) is 2.89. The van der Waals surface area contributed by atoms with E-state index >= 15 is 0 Å². The number of benzene rings is 1. The fourth-order valence-corrected chi connectivity index (χ4v) is 1.77. The Balaban J connectivity index is 0.00000400. The summed E-state index contributed by atoms with van der Waals surface area (Å²) in [7, 11) is 0. The molecule has 0 bridgehead atoms. The van der Waals surface area contributed by atoms with E-state index in [0.29, 0.717) is 19.6 Å². The lowest BCUT2D eigenvalue weighted by Crippen LogP contribution is -2.17. The molecular formula is C16H25ClN2O2. The molecule has 4 nitrogen and oxygen atoms in total. The highest BCUT2D eigenvalue weighted by Gasteiger charge is 2.06. The Bertz CT molecular complexity index is 424. The molecule has 0 fully saturated rings. The van der Waals surface area contributed by atoms with E-state index in [4.69, 9.17) is 4.74 Å². The van der Waals surface area contributed by atoms with Crippen molar-refractivity contribution >= 4 is 24.0 Å². The first kappa shape index (κ1) is 19.6. The topological polar surface area (TPSA) is 50.4 Å². The average molecular weight is 313 g/mol. The van der Waals surface area contributed by atoms with E-state index in [1.807, 2.05) is 24.3 Å². The quantitative estimate of drug-likeness (QED) is 0.515. The normalized spacial score (nSPS) is 9.76. The van der Waals surface area contributed by atoms with Gasteiger partial charge in [0, 0.05) is 25.3 Å². The Morgan fingerprint density at radius 2 is 2.14 bits per heavy atom. The van der Waals surface area contributed by atoms with Gasteiger partial charge in [-0.15, -0.1) is 19.0 Å². The van der Waals surface area contributed by atoms with Crippen LogP contribution in [0.2, 0.25) is 0 Å². The molecule has 5 heteroatoms. The van der Waals surface area contributed by atoms with Crippen molar-refractivity contribution in [3.05, 3.63) is 42.5 Å². The number of ether oxygens (including phenoxy) is 1. The predicted octanol–water partition coefficient (Wildman–Crippen LogP) is 3.14. The second-order valence-electron chi connectivity index (χ2n) is 4.45. The van der Waals surface area contributed by atoms with Gasteiger partial charge in [0.05, 0.1) is 6.61 Å². The van der Waals surface area contributed by atoms with Crippen LogP contribution in [-0.4, -0.2) is 25.7 Å². The van der Waals surface area contributed by atoms with Crippen LogP contribution in [0.3, 0.4) is 0 Å². The predicted molar refractivity (Wildman–Crippen MR) is 90.0 cm³/mol. The second kappa shape index (κ2) is 12.4. The minimum atomic E-state index is 0. The standard InChI is InChI=1S/C16H24N2O2.ClH/c1-3-11-20-12-7-10-16(19)18-15-9-6-5-8-14(15)13-17-4-2;/h3,5-6,8-9,17H,1,4,7,10-13H2,2H3,(H,18,19);1H. The monoisotopic (exact) mass is 312 g/mol. The highest BCUT2D eigenvalue weighted by atomic mass is 35.5. The molecule has 0 aliphatic heterocycles. The first-order chi connectivity index (χ1) is 9.77. The van der Waals surface area contributed by atoms with Crippen molar-refractivity contribution < 1.29 is 9.53 Å². The molecule has 0 aliphatic rings. The molecule has 0 saturated heterocycles. The van der Waals surface area contributed by atoms with E-state index in [1.54, 1.807) is 6.08 Å². The average Bonchev–Trinajstić information content (AvgIpc) is 2.46. The van der Waals surface area contributed by atoms with Gasteiger partial charge in [-0.25, -0.2) is 0 Å². The minimum absolute atomic E-state index is 0. The molecule has 1 aromatic rings. The van der Waals surface area contributed by atoms with E-state index in [2.05, 4.69) is 24.1 Å². The molecule has 1 aromatic carbocycles. The SMILES string of the molecule is C=CCOCCCC(=O)Nc1ccccc1CNCC.Cl. The smallest absolute Gasteiger partial charge is 0.224 e. The summed E-state index contributed by atoms with van der Waals surface area (Å²) in [6.45, 7) is 8.41. The van der Waals surface area contributed by atoms with Gasteiger partial charge in [0.25, 0.3) is 0 Å². The summed E-state index contributed by atoms with van der Waals surface area (Å²) in [5.41, 5.74) is 1.98. The number of anilines is 1. The van der Waals surface area contributed by atoms with E-state index < -0.39 is 0 Å². The molecule has 0 aromatic heterocycles. The zero-order chi connectivity index (χ0) is 14.6. The number of carbonyl (C=O) groups is 1. The molecule has 0 saturated carbocycles. The van der Waals surface area contributed by atoms with Gasteiger partial charge in [-0.1, -0.05) is 31.2 Å². The van der Waals surface area contributed by atoms with E-state index in [-0.39, 0.29) is 18.3 Å². The third-order valence-corrected chi connectivity index (χ3v) is 2.79.